The first-order valence-corrected chi connectivity index (χ1v) is 9.81. The predicted molar refractivity (Wildman–Crippen MR) is 107 cm³/mol. The highest BCUT2D eigenvalue weighted by atomic mass is 16.2. The molecule has 2 bridgehead atoms. The molecular weight excluding hydrogens is 352 g/mol. The van der Waals surface area contributed by atoms with Gasteiger partial charge in [-0.1, -0.05) is 0 Å². The second kappa shape index (κ2) is 6.67. The number of likely N-dealkylation sites (N-methyl/N-ethyl adjacent to an activating group) is 1. The topological polar surface area (TPSA) is 67.2 Å². The van der Waals surface area contributed by atoms with Crippen molar-refractivity contribution >= 4 is 16.8 Å². The molecule has 144 valence electrons. The SMILES string of the molecule is CN1CC2CCC(C1)N2C(=O)Cc1cc2nc(-c3cnn(C)c3)ccc2cn1. The number of amides is 1. The Balaban J connectivity index is 1.39. The summed E-state index contributed by atoms with van der Waals surface area (Å²) in [6.45, 7) is 1.95. The third kappa shape index (κ3) is 3.05. The van der Waals surface area contributed by atoms with Crippen LogP contribution in [0.4, 0.5) is 0 Å². The smallest absolute Gasteiger partial charge is 0.229 e. The summed E-state index contributed by atoms with van der Waals surface area (Å²) < 4.78 is 1.77. The second-order valence-electron chi connectivity index (χ2n) is 8.05. The standard InChI is InChI=1S/C21H24N6O/c1-25-12-17-4-5-18(13-25)27(17)21(28)8-16-7-20-14(9-22-16)3-6-19(24-20)15-10-23-26(2)11-15/h3,6-7,9-11,17-18H,4-5,8,12-13H2,1-2H3. The highest BCUT2D eigenvalue weighted by Crippen LogP contribution is 2.30. The quantitative estimate of drug-likeness (QED) is 0.698. The maximum Gasteiger partial charge on any atom is 0.229 e. The van der Waals surface area contributed by atoms with Gasteiger partial charge in [0.2, 0.25) is 5.91 Å². The zero-order valence-corrected chi connectivity index (χ0v) is 16.2. The maximum atomic E-state index is 13.0. The molecule has 0 N–H and O–H groups in total. The molecule has 2 fully saturated rings. The summed E-state index contributed by atoms with van der Waals surface area (Å²) in [4.78, 5) is 26.7. The summed E-state index contributed by atoms with van der Waals surface area (Å²) in [5, 5.41) is 5.19. The van der Waals surface area contributed by atoms with Gasteiger partial charge in [0.1, 0.15) is 0 Å². The van der Waals surface area contributed by atoms with E-state index in [0.29, 0.717) is 18.5 Å². The Bertz CT molecular complexity index is 1030. The first-order chi connectivity index (χ1) is 13.6. The molecule has 2 saturated heterocycles. The number of aromatic nitrogens is 4. The molecule has 0 aromatic carbocycles. The Hall–Kier alpha value is -2.80. The van der Waals surface area contributed by atoms with Crippen LogP contribution < -0.4 is 0 Å². The minimum atomic E-state index is 0.191. The molecule has 3 aromatic rings. The second-order valence-corrected chi connectivity index (χ2v) is 8.05. The fourth-order valence-electron chi connectivity index (χ4n) is 4.64. The van der Waals surface area contributed by atoms with E-state index in [4.69, 9.17) is 4.98 Å². The Kier molecular flexibility index (Phi) is 4.12. The van der Waals surface area contributed by atoms with Gasteiger partial charge in [-0.25, -0.2) is 4.98 Å². The van der Waals surface area contributed by atoms with E-state index in [0.717, 1.165) is 53.8 Å². The molecule has 2 aliphatic heterocycles. The van der Waals surface area contributed by atoms with Crippen LogP contribution in [0.15, 0.2) is 36.8 Å². The number of pyridine rings is 2. The first kappa shape index (κ1) is 17.3. The Morgan fingerprint density at radius 2 is 1.93 bits per heavy atom. The zero-order chi connectivity index (χ0) is 19.3. The van der Waals surface area contributed by atoms with Crippen molar-refractivity contribution in [1.82, 2.24) is 29.5 Å². The average molecular weight is 376 g/mol. The monoisotopic (exact) mass is 376 g/mol. The number of nitrogens with zero attached hydrogens (tertiary/aromatic N) is 6. The minimum Gasteiger partial charge on any atom is -0.334 e. The number of aryl methyl sites for hydroxylation is 1. The summed E-state index contributed by atoms with van der Waals surface area (Å²) >= 11 is 0. The molecule has 0 radical (unpaired) electrons. The summed E-state index contributed by atoms with van der Waals surface area (Å²) in [6.07, 6.45) is 8.14. The molecule has 28 heavy (non-hydrogen) atoms. The lowest BCUT2D eigenvalue weighted by atomic mass is 10.1. The molecule has 5 rings (SSSR count). The summed E-state index contributed by atoms with van der Waals surface area (Å²) in [6, 6.07) is 6.65. The van der Waals surface area contributed by atoms with Crippen LogP contribution in [0.3, 0.4) is 0 Å². The van der Waals surface area contributed by atoms with Gasteiger partial charge < -0.3 is 9.80 Å². The van der Waals surface area contributed by atoms with E-state index >= 15 is 0 Å². The van der Waals surface area contributed by atoms with E-state index < -0.39 is 0 Å². The fraction of sp³-hybridized carbons (Fsp3) is 0.429. The van der Waals surface area contributed by atoms with Gasteiger partial charge in [-0.2, -0.15) is 5.10 Å². The molecule has 7 heteroatoms. The van der Waals surface area contributed by atoms with Crippen LogP contribution in [0.25, 0.3) is 22.2 Å². The number of fused-ring (bicyclic) bond motifs is 3. The number of carbonyl (C=O) groups is 1. The molecule has 2 aliphatic rings. The Morgan fingerprint density at radius 3 is 2.64 bits per heavy atom. The minimum absolute atomic E-state index is 0.191. The third-order valence-corrected chi connectivity index (χ3v) is 5.92. The molecule has 7 nitrogen and oxygen atoms in total. The molecular formula is C21H24N6O. The van der Waals surface area contributed by atoms with Gasteiger partial charge in [0, 0.05) is 55.6 Å². The van der Waals surface area contributed by atoms with E-state index in [1.54, 1.807) is 4.68 Å². The Labute approximate surface area is 164 Å². The van der Waals surface area contributed by atoms with E-state index in [1.807, 2.05) is 43.8 Å². The van der Waals surface area contributed by atoms with Crippen molar-refractivity contribution in [3.63, 3.8) is 0 Å². The van der Waals surface area contributed by atoms with Crippen molar-refractivity contribution in [1.29, 1.82) is 0 Å². The van der Waals surface area contributed by atoms with Crippen LogP contribution in [-0.2, 0) is 18.3 Å². The summed E-state index contributed by atoms with van der Waals surface area (Å²) in [5.41, 5.74) is 3.50. The highest BCUT2D eigenvalue weighted by molar-refractivity contribution is 5.83. The van der Waals surface area contributed by atoms with Gasteiger partial charge >= 0.3 is 0 Å². The van der Waals surface area contributed by atoms with Gasteiger partial charge in [-0.05, 0) is 38.1 Å². The van der Waals surface area contributed by atoms with Crippen molar-refractivity contribution < 1.29 is 4.79 Å². The van der Waals surface area contributed by atoms with Crippen molar-refractivity contribution in [2.45, 2.75) is 31.3 Å². The molecule has 0 aliphatic carbocycles. The maximum absolute atomic E-state index is 13.0. The molecule has 1 amide bonds. The van der Waals surface area contributed by atoms with Crippen molar-refractivity contribution in [3.05, 3.63) is 42.5 Å². The van der Waals surface area contributed by atoms with Gasteiger partial charge in [0.25, 0.3) is 0 Å². The van der Waals surface area contributed by atoms with E-state index in [9.17, 15) is 4.79 Å². The van der Waals surface area contributed by atoms with Gasteiger partial charge in [0.15, 0.2) is 0 Å². The van der Waals surface area contributed by atoms with Crippen LogP contribution in [0, 0.1) is 0 Å². The normalized spacial score (nSPS) is 22.1. The largest absolute Gasteiger partial charge is 0.334 e. The first-order valence-electron chi connectivity index (χ1n) is 9.81. The number of piperazine rings is 1. The van der Waals surface area contributed by atoms with Crippen LogP contribution in [-0.4, -0.2) is 67.7 Å². The van der Waals surface area contributed by atoms with Crippen LogP contribution in [0.1, 0.15) is 18.5 Å². The van der Waals surface area contributed by atoms with Crippen molar-refractivity contribution in [2.24, 2.45) is 7.05 Å². The van der Waals surface area contributed by atoms with Gasteiger partial charge in [-0.3, -0.25) is 14.5 Å². The van der Waals surface area contributed by atoms with Crippen molar-refractivity contribution in [3.8, 4) is 11.3 Å². The summed E-state index contributed by atoms with van der Waals surface area (Å²) in [5.74, 6) is 0.191. The molecule has 2 atom stereocenters. The number of likely N-dealkylation sites (tertiary alicyclic amines) is 1. The van der Waals surface area contributed by atoms with E-state index in [-0.39, 0.29) is 5.91 Å². The lowest BCUT2D eigenvalue weighted by Crippen LogP contribution is -2.55. The highest BCUT2D eigenvalue weighted by Gasteiger charge is 2.41. The Morgan fingerprint density at radius 1 is 1.14 bits per heavy atom. The lowest BCUT2D eigenvalue weighted by molar-refractivity contribution is -0.135. The number of rotatable bonds is 3. The van der Waals surface area contributed by atoms with Gasteiger partial charge in [-0.15, -0.1) is 0 Å². The van der Waals surface area contributed by atoms with Crippen LogP contribution in [0.5, 0.6) is 0 Å². The third-order valence-electron chi connectivity index (χ3n) is 5.92. The molecule has 0 spiro atoms. The number of hydrogen-bond donors (Lipinski definition) is 0. The van der Waals surface area contributed by atoms with Crippen LogP contribution in [0.2, 0.25) is 0 Å². The van der Waals surface area contributed by atoms with Crippen molar-refractivity contribution in [2.75, 3.05) is 20.1 Å². The molecule has 2 unspecified atom stereocenters. The average Bonchev–Trinajstić information content (AvgIpc) is 3.22. The zero-order valence-electron chi connectivity index (χ0n) is 16.2. The predicted octanol–water partition coefficient (Wildman–Crippen LogP) is 1.88. The van der Waals surface area contributed by atoms with E-state index in [2.05, 4.69) is 26.9 Å². The molecule has 5 heterocycles. The van der Waals surface area contributed by atoms with Crippen LogP contribution >= 0.6 is 0 Å². The number of hydrogen-bond acceptors (Lipinski definition) is 5. The lowest BCUT2D eigenvalue weighted by Gasteiger charge is -2.39. The van der Waals surface area contributed by atoms with E-state index in [1.165, 1.54) is 0 Å². The molecule has 0 saturated carbocycles. The summed E-state index contributed by atoms with van der Waals surface area (Å²) in [7, 11) is 4.03. The molecule has 3 aromatic heterocycles. The fourth-order valence-corrected chi connectivity index (χ4v) is 4.64. The number of carbonyl (C=O) groups excluding carboxylic acids is 1. The van der Waals surface area contributed by atoms with Gasteiger partial charge in [0.05, 0.1) is 29.5 Å².